The highest BCUT2D eigenvalue weighted by Crippen LogP contribution is 2.24. The van der Waals surface area contributed by atoms with Gasteiger partial charge in [0, 0.05) is 29.4 Å². The molecule has 0 saturated carbocycles. The van der Waals surface area contributed by atoms with Crippen LogP contribution in [0.5, 0.6) is 0 Å². The molecule has 0 aliphatic carbocycles. The SMILES string of the molecule is Cc1nc(CC(N)c2cccc3cccnc23)cs1. The van der Waals surface area contributed by atoms with Crippen LogP contribution in [0.2, 0.25) is 0 Å². The molecule has 0 bridgehead atoms. The highest BCUT2D eigenvalue weighted by atomic mass is 32.1. The fourth-order valence-corrected chi connectivity index (χ4v) is 2.89. The van der Waals surface area contributed by atoms with Crippen LogP contribution in [0.3, 0.4) is 0 Å². The van der Waals surface area contributed by atoms with Gasteiger partial charge in [0.15, 0.2) is 0 Å². The van der Waals surface area contributed by atoms with E-state index in [0.29, 0.717) is 0 Å². The summed E-state index contributed by atoms with van der Waals surface area (Å²) < 4.78 is 0. The molecule has 0 radical (unpaired) electrons. The van der Waals surface area contributed by atoms with Gasteiger partial charge >= 0.3 is 0 Å². The van der Waals surface area contributed by atoms with Crippen molar-refractivity contribution >= 4 is 22.2 Å². The van der Waals surface area contributed by atoms with Crippen LogP contribution in [0.1, 0.15) is 22.3 Å². The Morgan fingerprint density at radius 2 is 2.11 bits per heavy atom. The summed E-state index contributed by atoms with van der Waals surface area (Å²) in [5.74, 6) is 0. The molecule has 0 spiro atoms. The average molecular weight is 269 g/mol. The highest BCUT2D eigenvalue weighted by Gasteiger charge is 2.12. The summed E-state index contributed by atoms with van der Waals surface area (Å²) in [5, 5.41) is 4.29. The topological polar surface area (TPSA) is 51.8 Å². The molecule has 2 aromatic heterocycles. The second-order valence-corrected chi connectivity index (χ2v) is 5.65. The number of rotatable bonds is 3. The van der Waals surface area contributed by atoms with Gasteiger partial charge in [0.2, 0.25) is 0 Å². The first-order chi connectivity index (χ1) is 9.24. The lowest BCUT2D eigenvalue weighted by Gasteiger charge is -2.12. The Kier molecular flexibility index (Phi) is 3.27. The molecule has 0 aliphatic heterocycles. The van der Waals surface area contributed by atoms with Gasteiger partial charge in [-0.3, -0.25) is 4.98 Å². The molecule has 2 N–H and O–H groups in total. The Morgan fingerprint density at radius 3 is 2.89 bits per heavy atom. The molecule has 0 aliphatic rings. The van der Waals surface area contributed by atoms with E-state index in [1.54, 1.807) is 11.3 Å². The molecule has 2 heterocycles. The van der Waals surface area contributed by atoms with E-state index in [2.05, 4.69) is 33.5 Å². The van der Waals surface area contributed by atoms with Gasteiger partial charge in [0.05, 0.1) is 16.2 Å². The van der Waals surface area contributed by atoms with Gasteiger partial charge in [-0.15, -0.1) is 11.3 Å². The summed E-state index contributed by atoms with van der Waals surface area (Å²) in [5.41, 5.74) is 9.46. The lowest BCUT2D eigenvalue weighted by atomic mass is 10.00. The maximum absolute atomic E-state index is 6.33. The zero-order valence-corrected chi connectivity index (χ0v) is 11.5. The van der Waals surface area contributed by atoms with Gasteiger partial charge in [-0.05, 0) is 18.6 Å². The minimum atomic E-state index is -0.0694. The molecule has 96 valence electrons. The van der Waals surface area contributed by atoms with Crippen molar-refractivity contribution < 1.29 is 0 Å². The van der Waals surface area contributed by atoms with Crippen molar-refractivity contribution in [2.75, 3.05) is 0 Å². The number of aromatic nitrogens is 2. The highest BCUT2D eigenvalue weighted by molar-refractivity contribution is 7.09. The van der Waals surface area contributed by atoms with Crippen LogP contribution < -0.4 is 5.73 Å². The van der Waals surface area contributed by atoms with Crippen LogP contribution in [-0.4, -0.2) is 9.97 Å². The molecule has 3 aromatic rings. The Morgan fingerprint density at radius 1 is 1.26 bits per heavy atom. The first-order valence-electron chi connectivity index (χ1n) is 6.24. The van der Waals surface area contributed by atoms with E-state index in [4.69, 9.17) is 5.73 Å². The maximum atomic E-state index is 6.33. The van der Waals surface area contributed by atoms with Crippen molar-refractivity contribution in [3.8, 4) is 0 Å². The molecule has 0 saturated heterocycles. The number of nitrogens with zero attached hydrogens (tertiary/aromatic N) is 2. The average Bonchev–Trinajstić information content (AvgIpc) is 2.83. The second kappa shape index (κ2) is 5.07. The largest absolute Gasteiger partial charge is 0.324 e. The Hall–Kier alpha value is -1.78. The molecule has 0 fully saturated rings. The molecule has 1 atom stereocenters. The quantitative estimate of drug-likeness (QED) is 0.794. The third-order valence-corrected chi connectivity index (χ3v) is 3.98. The smallest absolute Gasteiger partial charge is 0.0897 e. The van der Waals surface area contributed by atoms with Gasteiger partial charge in [-0.2, -0.15) is 0 Å². The van der Waals surface area contributed by atoms with Crippen LogP contribution in [0.25, 0.3) is 10.9 Å². The standard InChI is InChI=1S/C15H15N3S/c1-10-18-12(9-19-10)8-14(16)13-6-2-4-11-5-3-7-17-15(11)13/h2-7,9,14H,8,16H2,1H3. The van der Waals surface area contributed by atoms with Crippen molar-refractivity contribution in [3.63, 3.8) is 0 Å². The van der Waals surface area contributed by atoms with Crippen molar-refractivity contribution in [3.05, 3.63) is 58.2 Å². The summed E-state index contributed by atoms with van der Waals surface area (Å²) in [6.45, 7) is 2.01. The Labute approximate surface area is 116 Å². The van der Waals surface area contributed by atoms with E-state index in [1.807, 2.05) is 25.3 Å². The summed E-state index contributed by atoms with van der Waals surface area (Å²) >= 11 is 1.66. The van der Waals surface area contributed by atoms with Crippen molar-refractivity contribution in [1.82, 2.24) is 9.97 Å². The number of thiazole rings is 1. The number of hydrogen-bond acceptors (Lipinski definition) is 4. The Bertz CT molecular complexity index is 700. The minimum absolute atomic E-state index is 0.0694. The van der Waals surface area contributed by atoms with Gasteiger partial charge in [-0.1, -0.05) is 24.3 Å². The van der Waals surface area contributed by atoms with Crippen molar-refractivity contribution in [1.29, 1.82) is 0 Å². The fourth-order valence-electron chi connectivity index (χ4n) is 2.26. The fraction of sp³-hybridized carbons (Fsp3) is 0.200. The van der Waals surface area contributed by atoms with Crippen LogP contribution in [0.4, 0.5) is 0 Å². The monoisotopic (exact) mass is 269 g/mol. The second-order valence-electron chi connectivity index (χ2n) is 4.59. The number of para-hydroxylation sites is 1. The lowest BCUT2D eigenvalue weighted by Crippen LogP contribution is -2.14. The Balaban J connectivity index is 1.95. The summed E-state index contributed by atoms with van der Waals surface area (Å²) in [7, 11) is 0. The maximum Gasteiger partial charge on any atom is 0.0897 e. The van der Waals surface area contributed by atoms with E-state index in [9.17, 15) is 0 Å². The van der Waals surface area contributed by atoms with Crippen LogP contribution >= 0.6 is 11.3 Å². The molecule has 1 aromatic carbocycles. The first-order valence-corrected chi connectivity index (χ1v) is 7.12. The molecule has 1 unspecified atom stereocenters. The molecule has 0 amide bonds. The first kappa shape index (κ1) is 12.3. The third kappa shape index (κ3) is 2.50. The van der Waals surface area contributed by atoms with E-state index in [1.165, 1.54) is 0 Å². The molecule has 3 rings (SSSR count). The van der Waals surface area contributed by atoms with Crippen molar-refractivity contribution in [2.45, 2.75) is 19.4 Å². The number of hydrogen-bond donors (Lipinski definition) is 1. The minimum Gasteiger partial charge on any atom is -0.324 e. The van der Waals surface area contributed by atoms with Crippen molar-refractivity contribution in [2.24, 2.45) is 5.73 Å². The van der Waals surface area contributed by atoms with Gasteiger partial charge < -0.3 is 5.73 Å². The third-order valence-electron chi connectivity index (χ3n) is 3.16. The van der Waals surface area contributed by atoms with Crippen LogP contribution in [0, 0.1) is 6.92 Å². The van der Waals surface area contributed by atoms with Gasteiger partial charge in [0.25, 0.3) is 0 Å². The molecular weight excluding hydrogens is 254 g/mol. The van der Waals surface area contributed by atoms with Gasteiger partial charge in [0.1, 0.15) is 0 Å². The summed E-state index contributed by atoms with van der Waals surface area (Å²) in [6, 6.07) is 10.1. The van der Waals surface area contributed by atoms with Crippen LogP contribution in [-0.2, 0) is 6.42 Å². The number of nitrogens with two attached hydrogens (primary N) is 1. The lowest BCUT2D eigenvalue weighted by molar-refractivity contribution is 0.713. The van der Waals surface area contributed by atoms with E-state index in [-0.39, 0.29) is 6.04 Å². The van der Waals surface area contributed by atoms with E-state index >= 15 is 0 Å². The van der Waals surface area contributed by atoms with E-state index in [0.717, 1.165) is 33.6 Å². The number of pyridine rings is 1. The normalized spacial score (nSPS) is 12.7. The summed E-state index contributed by atoms with van der Waals surface area (Å²) in [4.78, 5) is 8.93. The number of fused-ring (bicyclic) bond motifs is 1. The van der Waals surface area contributed by atoms with E-state index < -0.39 is 0 Å². The summed E-state index contributed by atoms with van der Waals surface area (Å²) in [6.07, 6.45) is 2.56. The molecule has 19 heavy (non-hydrogen) atoms. The molecular formula is C15H15N3S. The van der Waals surface area contributed by atoms with Crippen LogP contribution in [0.15, 0.2) is 41.9 Å². The molecule has 3 nitrogen and oxygen atoms in total. The van der Waals surface area contributed by atoms with Gasteiger partial charge in [-0.25, -0.2) is 4.98 Å². The number of benzene rings is 1. The molecule has 4 heteroatoms. The number of aryl methyl sites for hydroxylation is 1. The zero-order valence-electron chi connectivity index (χ0n) is 10.7. The predicted molar refractivity (Wildman–Crippen MR) is 79.2 cm³/mol. The predicted octanol–water partition coefficient (Wildman–Crippen LogP) is 3.24. The zero-order chi connectivity index (χ0) is 13.2.